The Hall–Kier alpha value is -2.27. The largest absolute Gasteiger partial charge is 0.483 e. The van der Waals surface area contributed by atoms with Crippen LogP contribution in [0.3, 0.4) is 0 Å². The van der Waals surface area contributed by atoms with Gasteiger partial charge in [0.15, 0.2) is 6.61 Å². The van der Waals surface area contributed by atoms with Gasteiger partial charge in [-0.15, -0.1) is 0 Å². The predicted octanol–water partition coefficient (Wildman–Crippen LogP) is 3.34. The van der Waals surface area contributed by atoms with Crippen molar-refractivity contribution in [1.82, 2.24) is 9.88 Å². The summed E-state index contributed by atoms with van der Waals surface area (Å²) in [6, 6.07) is 9.74. The van der Waals surface area contributed by atoms with Gasteiger partial charge in [-0.3, -0.25) is 9.78 Å². The zero-order chi connectivity index (χ0) is 18.6. The number of hydrogen-bond donors (Lipinski definition) is 0. The van der Waals surface area contributed by atoms with Crippen molar-refractivity contribution in [3.05, 3.63) is 52.8 Å². The van der Waals surface area contributed by atoms with E-state index in [9.17, 15) is 4.79 Å². The summed E-state index contributed by atoms with van der Waals surface area (Å²) in [5.41, 5.74) is 3.41. The van der Waals surface area contributed by atoms with Gasteiger partial charge in [-0.1, -0.05) is 17.7 Å². The molecule has 1 aliphatic heterocycles. The molecule has 142 valence electrons. The van der Waals surface area contributed by atoms with Crippen LogP contribution in [0.1, 0.15) is 24.1 Å². The molecule has 0 unspecified atom stereocenters. The van der Waals surface area contributed by atoms with E-state index in [1.807, 2.05) is 29.2 Å². The molecule has 1 aromatic heterocycles. The SMILES string of the molecule is O=C(COc1ccnc2c1CCCC2)N1CCN(c2cccc(Cl)c2)CC1. The van der Waals surface area contributed by atoms with E-state index in [-0.39, 0.29) is 12.5 Å². The summed E-state index contributed by atoms with van der Waals surface area (Å²) in [6.07, 6.45) is 6.12. The number of carbonyl (C=O) groups excluding carboxylic acids is 1. The fraction of sp³-hybridized carbons (Fsp3) is 0.429. The number of carbonyl (C=O) groups is 1. The van der Waals surface area contributed by atoms with Gasteiger partial charge in [0, 0.05) is 54.3 Å². The first-order chi connectivity index (χ1) is 13.2. The van der Waals surface area contributed by atoms with Gasteiger partial charge in [-0.25, -0.2) is 0 Å². The van der Waals surface area contributed by atoms with Crippen LogP contribution in [0.5, 0.6) is 5.75 Å². The maximum Gasteiger partial charge on any atom is 0.260 e. The maximum atomic E-state index is 12.6. The van der Waals surface area contributed by atoms with Crippen LogP contribution in [0.15, 0.2) is 36.5 Å². The van der Waals surface area contributed by atoms with E-state index in [0.29, 0.717) is 13.1 Å². The van der Waals surface area contributed by atoms with Crippen molar-refractivity contribution in [2.75, 3.05) is 37.7 Å². The molecule has 1 amide bonds. The number of nitrogens with zero attached hydrogens (tertiary/aromatic N) is 3. The van der Waals surface area contributed by atoms with Crippen molar-refractivity contribution in [2.24, 2.45) is 0 Å². The molecule has 0 saturated carbocycles. The van der Waals surface area contributed by atoms with Crippen LogP contribution in [0, 0.1) is 0 Å². The van der Waals surface area contributed by atoms with Crippen LogP contribution < -0.4 is 9.64 Å². The molecule has 2 aromatic rings. The zero-order valence-electron chi connectivity index (χ0n) is 15.4. The van der Waals surface area contributed by atoms with Gasteiger partial charge in [0.25, 0.3) is 5.91 Å². The molecule has 0 radical (unpaired) electrons. The second-order valence-corrected chi connectivity index (χ2v) is 7.51. The number of halogens is 1. The molecule has 27 heavy (non-hydrogen) atoms. The maximum absolute atomic E-state index is 12.6. The minimum Gasteiger partial charge on any atom is -0.483 e. The van der Waals surface area contributed by atoms with Gasteiger partial charge in [0.2, 0.25) is 0 Å². The Labute approximate surface area is 164 Å². The van der Waals surface area contributed by atoms with Crippen LogP contribution in [0.25, 0.3) is 0 Å². The number of piperazine rings is 1. The van der Waals surface area contributed by atoms with Gasteiger partial charge in [-0.2, -0.15) is 0 Å². The topological polar surface area (TPSA) is 45.7 Å². The lowest BCUT2D eigenvalue weighted by Crippen LogP contribution is -2.50. The van der Waals surface area contributed by atoms with Crippen LogP contribution in [-0.2, 0) is 17.6 Å². The molecule has 1 aliphatic carbocycles. The Morgan fingerprint density at radius 3 is 2.74 bits per heavy atom. The lowest BCUT2D eigenvalue weighted by molar-refractivity contribution is -0.133. The first-order valence-corrected chi connectivity index (χ1v) is 9.96. The number of fused-ring (bicyclic) bond motifs is 1. The molecule has 2 heterocycles. The zero-order valence-corrected chi connectivity index (χ0v) is 16.1. The highest BCUT2D eigenvalue weighted by atomic mass is 35.5. The summed E-state index contributed by atoms with van der Waals surface area (Å²) in [6.45, 7) is 3.09. The van der Waals surface area contributed by atoms with E-state index in [0.717, 1.165) is 54.5 Å². The van der Waals surface area contributed by atoms with Crippen molar-refractivity contribution in [3.8, 4) is 5.75 Å². The van der Waals surface area contributed by atoms with Crippen LogP contribution in [-0.4, -0.2) is 48.6 Å². The number of amides is 1. The molecule has 0 bridgehead atoms. The fourth-order valence-corrected chi connectivity index (χ4v) is 4.03. The average molecular weight is 386 g/mol. The minimum atomic E-state index is 0.0436. The van der Waals surface area contributed by atoms with Crippen molar-refractivity contribution >= 4 is 23.2 Å². The summed E-state index contributed by atoms with van der Waals surface area (Å²) < 4.78 is 5.88. The molecule has 5 nitrogen and oxygen atoms in total. The molecule has 2 aliphatic rings. The molecular formula is C21H24ClN3O2. The van der Waals surface area contributed by atoms with Crippen LogP contribution >= 0.6 is 11.6 Å². The third-order valence-corrected chi connectivity index (χ3v) is 5.58. The van der Waals surface area contributed by atoms with Crippen molar-refractivity contribution < 1.29 is 9.53 Å². The van der Waals surface area contributed by atoms with Crippen molar-refractivity contribution in [1.29, 1.82) is 0 Å². The van der Waals surface area contributed by atoms with E-state index < -0.39 is 0 Å². The molecule has 6 heteroatoms. The molecule has 1 fully saturated rings. The number of aryl methyl sites for hydroxylation is 1. The monoisotopic (exact) mass is 385 g/mol. The number of pyridine rings is 1. The Morgan fingerprint density at radius 2 is 1.93 bits per heavy atom. The van der Waals surface area contributed by atoms with E-state index in [4.69, 9.17) is 16.3 Å². The number of rotatable bonds is 4. The quantitative estimate of drug-likeness (QED) is 0.809. The highest BCUT2D eigenvalue weighted by Gasteiger charge is 2.22. The van der Waals surface area contributed by atoms with Gasteiger partial charge >= 0.3 is 0 Å². The Balaban J connectivity index is 1.31. The summed E-state index contributed by atoms with van der Waals surface area (Å²) in [5, 5.41) is 0.736. The minimum absolute atomic E-state index is 0.0436. The van der Waals surface area contributed by atoms with Crippen LogP contribution in [0.4, 0.5) is 5.69 Å². The highest BCUT2D eigenvalue weighted by molar-refractivity contribution is 6.30. The van der Waals surface area contributed by atoms with Crippen molar-refractivity contribution in [3.63, 3.8) is 0 Å². The number of ether oxygens (including phenoxy) is 1. The molecule has 0 spiro atoms. The Bertz CT molecular complexity index is 819. The number of hydrogen-bond acceptors (Lipinski definition) is 4. The van der Waals surface area contributed by atoms with E-state index in [1.54, 1.807) is 6.20 Å². The normalized spacial score (nSPS) is 16.8. The van der Waals surface area contributed by atoms with Crippen LogP contribution in [0.2, 0.25) is 5.02 Å². The third kappa shape index (κ3) is 4.19. The second-order valence-electron chi connectivity index (χ2n) is 7.08. The summed E-state index contributed by atoms with van der Waals surface area (Å²) in [5.74, 6) is 0.868. The molecule has 0 atom stereocenters. The van der Waals surface area contributed by atoms with E-state index in [1.165, 1.54) is 12.0 Å². The Kier molecular flexibility index (Phi) is 5.48. The molecule has 0 N–H and O–H groups in total. The molecule has 4 rings (SSSR count). The molecule has 1 saturated heterocycles. The first kappa shape index (κ1) is 18.1. The average Bonchev–Trinajstić information content (AvgIpc) is 2.72. The Morgan fingerprint density at radius 1 is 1.11 bits per heavy atom. The second kappa shape index (κ2) is 8.17. The lowest BCUT2D eigenvalue weighted by atomic mass is 9.95. The number of benzene rings is 1. The molecular weight excluding hydrogens is 362 g/mol. The summed E-state index contributed by atoms with van der Waals surface area (Å²) in [4.78, 5) is 21.2. The van der Waals surface area contributed by atoms with E-state index >= 15 is 0 Å². The third-order valence-electron chi connectivity index (χ3n) is 5.35. The highest BCUT2D eigenvalue weighted by Crippen LogP contribution is 2.28. The first-order valence-electron chi connectivity index (χ1n) is 9.58. The number of anilines is 1. The lowest BCUT2D eigenvalue weighted by Gasteiger charge is -2.36. The predicted molar refractivity (Wildman–Crippen MR) is 107 cm³/mol. The standard InChI is InChI=1S/C21H24ClN3O2/c22-16-4-3-5-17(14-16)24-10-12-25(13-11-24)21(26)15-27-20-8-9-23-19-7-2-1-6-18(19)20/h3-5,8-9,14H,1-2,6-7,10-13,15H2. The van der Waals surface area contributed by atoms with Gasteiger partial charge in [0.05, 0.1) is 0 Å². The van der Waals surface area contributed by atoms with Gasteiger partial charge in [0.1, 0.15) is 5.75 Å². The van der Waals surface area contributed by atoms with Crippen molar-refractivity contribution in [2.45, 2.75) is 25.7 Å². The summed E-state index contributed by atoms with van der Waals surface area (Å²) in [7, 11) is 0. The number of aromatic nitrogens is 1. The summed E-state index contributed by atoms with van der Waals surface area (Å²) >= 11 is 6.08. The fourth-order valence-electron chi connectivity index (χ4n) is 3.85. The smallest absolute Gasteiger partial charge is 0.260 e. The molecule has 1 aromatic carbocycles. The van der Waals surface area contributed by atoms with Gasteiger partial charge in [-0.05, 0) is 49.9 Å². The van der Waals surface area contributed by atoms with Gasteiger partial charge < -0.3 is 14.5 Å². The van der Waals surface area contributed by atoms with E-state index in [2.05, 4.69) is 16.0 Å².